The standard InChI is InChI=1S/C8H14N2O/c1-3-9-5-4-8-6-7(2)11-10-8/h6,9H,3-5H2,1-2H3. The molecule has 0 aliphatic rings. The third-order valence-electron chi connectivity index (χ3n) is 1.48. The van der Waals surface area contributed by atoms with E-state index in [1.165, 1.54) is 0 Å². The van der Waals surface area contributed by atoms with Crippen LogP contribution in [0.3, 0.4) is 0 Å². The Bertz CT molecular complexity index is 208. The van der Waals surface area contributed by atoms with Crippen molar-refractivity contribution in [1.82, 2.24) is 10.5 Å². The lowest BCUT2D eigenvalue weighted by molar-refractivity contribution is 0.390. The fourth-order valence-electron chi connectivity index (χ4n) is 0.929. The van der Waals surface area contributed by atoms with Crippen LogP contribution in [-0.4, -0.2) is 18.2 Å². The van der Waals surface area contributed by atoms with Gasteiger partial charge in [0.15, 0.2) is 0 Å². The summed E-state index contributed by atoms with van der Waals surface area (Å²) in [5, 5.41) is 7.10. The van der Waals surface area contributed by atoms with Gasteiger partial charge in [-0.3, -0.25) is 0 Å². The van der Waals surface area contributed by atoms with Gasteiger partial charge in [-0.25, -0.2) is 0 Å². The normalized spacial score (nSPS) is 10.4. The maximum Gasteiger partial charge on any atom is 0.133 e. The van der Waals surface area contributed by atoms with E-state index in [1.807, 2.05) is 13.0 Å². The van der Waals surface area contributed by atoms with Crippen molar-refractivity contribution in [3.63, 3.8) is 0 Å². The van der Waals surface area contributed by atoms with Crippen LogP contribution in [0.15, 0.2) is 10.6 Å². The summed E-state index contributed by atoms with van der Waals surface area (Å²) in [6.07, 6.45) is 0.950. The molecule has 0 saturated carbocycles. The van der Waals surface area contributed by atoms with E-state index >= 15 is 0 Å². The molecule has 0 aliphatic heterocycles. The van der Waals surface area contributed by atoms with Crippen LogP contribution >= 0.6 is 0 Å². The largest absolute Gasteiger partial charge is 0.361 e. The zero-order valence-electron chi connectivity index (χ0n) is 7.05. The topological polar surface area (TPSA) is 38.1 Å². The van der Waals surface area contributed by atoms with Gasteiger partial charge < -0.3 is 9.84 Å². The van der Waals surface area contributed by atoms with Crippen LogP contribution in [0.5, 0.6) is 0 Å². The summed E-state index contributed by atoms with van der Waals surface area (Å²) in [5.41, 5.74) is 1.03. The zero-order valence-corrected chi connectivity index (χ0v) is 7.05. The van der Waals surface area contributed by atoms with Crippen LogP contribution in [0.2, 0.25) is 0 Å². The molecule has 11 heavy (non-hydrogen) atoms. The summed E-state index contributed by atoms with van der Waals surface area (Å²) in [7, 11) is 0. The number of aryl methyl sites for hydroxylation is 1. The van der Waals surface area contributed by atoms with Crippen molar-refractivity contribution in [2.24, 2.45) is 0 Å². The Kier molecular flexibility index (Phi) is 3.11. The first-order valence-corrected chi connectivity index (χ1v) is 3.96. The van der Waals surface area contributed by atoms with Crippen LogP contribution in [0.4, 0.5) is 0 Å². The quantitative estimate of drug-likeness (QED) is 0.661. The maximum absolute atomic E-state index is 4.92. The zero-order chi connectivity index (χ0) is 8.10. The number of hydrogen-bond acceptors (Lipinski definition) is 3. The summed E-state index contributed by atoms with van der Waals surface area (Å²) in [6, 6.07) is 1.97. The van der Waals surface area contributed by atoms with Gasteiger partial charge in [0.05, 0.1) is 5.69 Å². The Labute approximate surface area is 66.8 Å². The second-order valence-electron chi connectivity index (χ2n) is 2.53. The minimum absolute atomic E-state index is 0.886. The fourth-order valence-corrected chi connectivity index (χ4v) is 0.929. The van der Waals surface area contributed by atoms with E-state index in [9.17, 15) is 0 Å². The highest BCUT2D eigenvalue weighted by atomic mass is 16.5. The first-order chi connectivity index (χ1) is 5.33. The molecule has 62 valence electrons. The third kappa shape index (κ3) is 2.72. The predicted molar refractivity (Wildman–Crippen MR) is 43.5 cm³/mol. The van der Waals surface area contributed by atoms with Crippen molar-refractivity contribution in [2.45, 2.75) is 20.3 Å². The Morgan fingerprint density at radius 3 is 3.00 bits per heavy atom. The molecule has 0 spiro atoms. The highest BCUT2D eigenvalue weighted by Gasteiger charge is 1.97. The molecule has 0 radical (unpaired) electrons. The Morgan fingerprint density at radius 1 is 1.64 bits per heavy atom. The molecular formula is C8H14N2O. The average molecular weight is 154 g/mol. The van der Waals surface area contributed by atoms with Gasteiger partial charge in [0.1, 0.15) is 5.76 Å². The van der Waals surface area contributed by atoms with Crippen LogP contribution < -0.4 is 5.32 Å². The van der Waals surface area contributed by atoms with Crippen molar-refractivity contribution in [3.05, 3.63) is 17.5 Å². The van der Waals surface area contributed by atoms with Crippen molar-refractivity contribution in [3.8, 4) is 0 Å². The van der Waals surface area contributed by atoms with Crippen molar-refractivity contribution >= 4 is 0 Å². The Hall–Kier alpha value is -0.830. The molecule has 0 saturated heterocycles. The van der Waals surface area contributed by atoms with Crippen LogP contribution in [0.1, 0.15) is 18.4 Å². The number of nitrogens with one attached hydrogen (secondary N) is 1. The molecule has 1 aromatic heterocycles. The average Bonchev–Trinajstić information content (AvgIpc) is 2.37. The summed E-state index contributed by atoms with van der Waals surface area (Å²) in [5.74, 6) is 0.886. The Balaban J connectivity index is 2.27. The van der Waals surface area contributed by atoms with Crippen molar-refractivity contribution in [1.29, 1.82) is 0 Å². The molecule has 0 amide bonds. The molecule has 0 atom stereocenters. The second kappa shape index (κ2) is 4.13. The molecule has 1 heterocycles. The smallest absolute Gasteiger partial charge is 0.133 e. The summed E-state index contributed by atoms with van der Waals surface area (Å²) >= 11 is 0. The molecule has 0 aromatic carbocycles. The van der Waals surface area contributed by atoms with E-state index in [1.54, 1.807) is 0 Å². The van der Waals surface area contributed by atoms with Crippen LogP contribution in [0.25, 0.3) is 0 Å². The molecule has 3 heteroatoms. The van der Waals surface area contributed by atoms with Gasteiger partial charge in [0.25, 0.3) is 0 Å². The molecule has 0 unspecified atom stereocenters. The number of aromatic nitrogens is 1. The lowest BCUT2D eigenvalue weighted by Gasteiger charge is -1.95. The SMILES string of the molecule is CCNCCc1cc(C)on1. The van der Waals surface area contributed by atoms with E-state index in [0.717, 1.165) is 31.0 Å². The first-order valence-electron chi connectivity index (χ1n) is 3.96. The third-order valence-corrected chi connectivity index (χ3v) is 1.48. The molecule has 1 rings (SSSR count). The van der Waals surface area contributed by atoms with E-state index < -0.39 is 0 Å². The first kappa shape index (κ1) is 8.27. The van der Waals surface area contributed by atoms with Gasteiger partial charge >= 0.3 is 0 Å². The van der Waals surface area contributed by atoms with Crippen molar-refractivity contribution in [2.75, 3.05) is 13.1 Å². The maximum atomic E-state index is 4.92. The Morgan fingerprint density at radius 2 is 2.45 bits per heavy atom. The highest BCUT2D eigenvalue weighted by Crippen LogP contribution is 2.00. The van der Waals surface area contributed by atoms with E-state index in [0.29, 0.717) is 0 Å². The van der Waals surface area contributed by atoms with Gasteiger partial charge in [-0.05, 0) is 13.5 Å². The number of likely N-dealkylation sites (N-methyl/N-ethyl adjacent to an activating group) is 1. The fraction of sp³-hybridized carbons (Fsp3) is 0.625. The van der Waals surface area contributed by atoms with E-state index in [-0.39, 0.29) is 0 Å². The summed E-state index contributed by atoms with van der Waals surface area (Å²) in [4.78, 5) is 0. The molecule has 3 nitrogen and oxygen atoms in total. The van der Waals surface area contributed by atoms with Gasteiger partial charge in [0.2, 0.25) is 0 Å². The predicted octanol–water partition coefficient (Wildman–Crippen LogP) is 1.14. The van der Waals surface area contributed by atoms with E-state index in [2.05, 4.69) is 17.4 Å². The van der Waals surface area contributed by atoms with Crippen LogP contribution in [0, 0.1) is 6.92 Å². The molecule has 1 N–H and O–H groups in total. The molecule has 0 fully saturated rings. The number of nitrogens with zero attached hydrogens (tertiary/aromatic N) is 1. The minimum Gasteiger partial charge on any atom is -0.361 e. The monoisotopic (exact) mass is 154 g/mol. The molecular weight excluding hydrogens is 140 g/mol. The number of rotatable bonds is 4. The van der Waals surface area contributed by atoms with Gasteiger partial charge in [-0.15, -0.1) is 0 Å². The lowest BCUT2D eigenvalue weighted by atomic mass is 10.3. The second-order valence-corrected chi connectivity index (χ2v) is 2.53. The summed E-state index contributed by atoms with van der Waals surface area (Å²) < 4.78 is 4.92. The summed E-state index contributed by atoms with van der Waals surface area (Å²) in [6.45, 7) is 5.98. The molecule has 1 aromatic rings. The van der Waals surface area contributed by atoms with Crippen molar-refractivity contribution < 1.29 is 4.52 Å². The van der Waals surface area contributed by atoms with Gasteiger partial charge in [-0.2, -0.15) is 0 Å². The molecule has 0 bridgehead atoms. The van der Waals surface area contributed by atoms with E-state index in [4.69, 9.17) is 4.52 Å². The highest BCUT2D eigenvalue weighted by molar-refractivity contribution is 5.03. The van der Waals surface area contributed by atoms with Gasteiger partial charge in [0, 0.05) is 19.0 Å². The molecule has 0 aliphatic carbocycles. The van der Waals surface area contributed by atoms with Gasteiger partial charge in [-0.1, -0.05) is 12.1 Å². The van der Waals surface area contributed by atoms with Crippen LogP contribution in [-0.2, 0) is 6.42 Å². The minimum atomic E-state index is 0.886. The lowest BCUT2D eigenvalue weighted by Crippen LogP contribution is -2.16. The number of hydrogen-bond donors (Lipinski definition) is 1.